The van der Waals surface area contributed by atoms with Gasteiger partial charge in [-0.2, -0.15) is 0 Å². The second-order valence-corrected chi connectivity index (χ2v) is 13.3. The molecule has 1 aromatic rings. The van der Waals surface area contributed by atoms with Crippen molar-refractivity contribution < 1.29 is 19.7 Å². The molecular formula is C32H47NO4. The van der Waals surface area contributed by atoms with E-state index < -0.39 is 16.6 Å². The van der Waals surface area contributed by atoms with Gasteiger partial charge in [0.1, 0.15) is 11.4 Å². The Morgan fingerprint density at radius 2 is 1.68 bits per heavy atom. The maximum atomic E-state index is 12.4. The van der Waals surface area contributed by atoms with Gasteiger partial charge in [0.25, 0.3) is 0 Å². The molecule has 4 aliphatic carbocycles. The highest BCUT2D eigenvalue weighted by Gasteiger charge is 2.70. The zero-order valence-corrected chi connectivity index (χ0v) is 23.1. The number of rotatable bonds is 6. The molecule has 0 radical (unpaired) electrons. The van der Waals surface area contributed by atoms with E-state index >= 15 is 0 Å². The molecule has 5 aliphatic rings. The molecule has 3 saturated carbocycles. The Kier molecular flexibility index (Phi) is 6.54. The average Bonchev–Trinajstić information content (AvgIpc) is 3.50. The first kappa shape index (κ1) is 25.9. The molecule has 0 bridgehead atoms. The molecule has 0 amide bonds. The van der Waals surface area contributed by atoms with Crippen LogP contribution >= 0.6 is 0 Å². The van der Waals surface area contributed by atoms with Gasteiger partial charge in [-0.05, 0) is 118 Å². The maximum absolute atomic E-state index is 12.4. The van der Waals surface area contributed by atoms with Crippen LogP contribution in [0.25, 0.3) is 0 Å². The van der Waals surface area contributed by atoms with Gasteiger partial charge in [0.15, 0.2) is 0 Å². The second-order valence-electron chi connectivity index (χ2n) is 13.3. The van der Waals surface area contributed by atoms with Crippen LogP contribution in [0.15, 0.2) is 36.4 Å². The first-order valence-corrected chi connectivity index (χ1v) is 14.9. The van der Waals surface area contributed by atoms with Gasteiger partial charge >= 0.3 is 0 Å². The normalized spacial score (nSPS) is 45.3. The average molecular weight is 510 g/mol. The quantitative estimate of drug-likeness (QED) is 0.510. The van der Waals surface area contributed by atoms with E-state index in [-0.39, 0.29) is 11.3 Å². The summed E-state index contributed by atoms with van der Waals surface area (Å²) in [5.41, 5.74) is -1.75. The summed E-state index contributed by atoms with van der Waals surface area (Å²) >= 11 is 0. The van der Waals surface area contributed by atoms with Gasteiger partial charge in [0.05, 0.1) is 25.4 Å². The van der Waals surface area contributed by atoms with Crippen molar-refractivity contribution in [2.75, 3.05) is 33.4 Å². The second kappa shape index (κ2) is 9.36. The summed E-state index contributed by atoms with van der Waals surface area (Å²) in [5, 5.41) is 24.6. The third kappa shape index (κ3) is 3.86. The summed E-state index contributed by atoms with van der Waals surface area (Å²) in [4.78, 5) is 2.54. The summed E-state index contributed by atoms with van der Waals surface area (Å²) < 4.78 is 11.8. The highest BCUT2D eigenvalue weighted by atomic mass is 16.5. The van der Waals surface area contributed by atoms with Crippen molar-refractivity contribution in [1.82, 2.24) is 4.90 Å². The van der Waals surface area contributed by atoms with Crippen LogP contribution < -0.4 is 4.74 Å². The van der Waals surface area contributed by atoms with E-state index in [2.05, 4.69) is 18.7 Å². The van der Waals surface area contributed by atoms with E-state index in [9.17, 15) is 10.2 Å². The Bertz CT molecular complexity index is 1000. The first-order chi connectivity index (χ1) is 17.7. The lowest BCUT2D eigenvalue weighted by molar-refractivity contribution is -0.228. The zero-order valence-electron chi connectivity index (χ0n) is 23.1. The standard InChI is InChI=1S/C32H47NO4/c1-29-14-12-26(37-21-20-33-18-4-5-19-33)22-24(29)8-11-28-27(29)13-15-30(2)31(34,16-17-32(28,30)35)23-6-9-25(36-3)10-7-23/h6-7,9-10,16-17,24,26-28,34-35H,4-5,8,11-15,18-22H2,1-3H3/t24-,26+,27+,28-,29+,30-,31+,32+/m1/s1. The molecule has 0 spiro atoms. The minimum atomic E-state index is -1.18. The van der Waals surface area contributed by atoms with Crippen molar-refractivity contribution in [1.29, 1.82) is 0 Å². The summed E-state index contributed by atoms with van der Waals surface area (Å²) in [7, 11) is 1.66. The van der Waals surface area contributed by atoms with Crippen LogP contribution in [0.4, 0.5) is 0 Å². The molecular weight excluding hydrogens is 462 g/mol. The van der Waals surface area contributed by atoms with Gasteiger partial charge in [0.2, 0.25) is 0 Å². The van der Waals surface area contributed by atoms with Crippen molar-refractivity contribution in [3.63, 3.8) is 0 Å². The van der Waals surface area contributed by atoms with Crippen molar-refractivity contribution in [3.8, 4) is 5.75 Å². The molecule has 37 heavy (non-hydrogen) atoms. The highest BCUT2D eigenvalue weighted by molar-refractivity contribution is 5.43. The van der Waals surface area contributed by atoms with Gasteiger partial charge in [-0.15, -0.1) is 0 Å². The van der Waals surface area contributed by atoms with Crippen LogP contribution in [0.1, 0.15) is 77.2 Å². The molecule has 6 rings (SSSR count). The minimum absolute atomic E-state index is 0.184. The number of hydrogen-bond donors (Lipinski definition) is 2. The third-order valence-electron chi connectivity index (χ3n) is 12.0. The number of methoxy groups -OCH3 is 1. The number of benzene rings is 1. The number of likely N-dealkylation sites (tertiary alicyclic amines) is 1. The van der Waals surface area contributed by atoms with E-state index in [4.69, 9.17) is 9.47 Å². The fourth-order valence-corrected chi connectivity index (χ4v) is 9.47. The fourth-order valence-electron chi connectivity index (χ4n) is 9.47. The van der Waals surface area contributed by atoms with Gasteiger partial charge in [0, 0.05) is 12.0 Å². The van der Waals surface area contributed by atoms with Crippen molar-refractivity contribution >= 4 is 0 Å². The predicted octanol–water partition coefficient (Wildman–Crippen LogP) is 5.30. The summed E-state index contributed by atoms with van der Waals surface area (Å²) in [6, 6.07) is 7.72. The lowest BCUT2D eigenvalue weighted by atomic mass is 9.42. The van der Waals surface area contributed by atoms with Gasteiger partial charge in [-0.1, -0.05) is 32.1 Å². The molecule has 5 nitrogen and oxygen atoms in total. The Balaban J connectivity index is 1.17. The van der Waals surface area contributed by atoms with E-state index in [0.717, 1.165) is 56.6 Å². The molecule has 1 aromatic carbocycles. The molecule has 1 aliphatic heterocycles. The van der Waals surface area contributed by atoms with Crippen LogP contribution in [0.3, 0.4) is 0 Å². The Morgan fingerprint density at radius 1 is 0.919 bits per heavy atom. The lowest BCUT2D eigenvalue weighted by Crippen LogP contribution is -2.65. The van der Waals surface area contributed by atoms with E-state index in [1.165, 1.54) is 38.8 Å². The zero-order chi connectivity index (χ0) is 25.9. The van der Waals surface area contributed by atoms with Crippen molar-refractivity contribution in [3.05, 3.63) is 42.0 Å². The maximum Gasteiger partial charge on any atom is 0.118 e. The number of aliphatic hydroxyl groups is 2. The molecule has 204 valence electrons. The Hall–Kier alpha value is -1.40. The molecule has 4 fully saturated rings. The summed E-state index contributed by atoms with van der Waals surface area (Å²) in [6.45, 7) is 9.05. The van der Waals surface area contributed by atoms with Crippen LogP contribution in [0.5, 0.6) is 5.75 Å². The van der Waals surface area contributed by atoms with Gasteiger partial charge in [-0.25, -0.2) is 0 Å². The fraction of sp³-hybridized carbons (Fsp3) is 0.750. The van der Waals surface area contributed by atoms with Crippen LogP contribution in [-0.4, -0.2) is 60.2 Å². The largest absolute Gasteiger partial charge is 0.497 e. The van der Waals surface area contributed by atoms with E-state index in [1.54, 1.807) is 7.11 Å². The van der Waals surface area contributed by atoms with Gasteiger partial charge in [-0.3, -0.25) is 0 Å². The smallest absolute Gasteiger partial charge is 0.118 e. The summed E-state index contributed by atoms with van der Waals surface area (Å²) in [5.74, 6) is 2.11. The van der Waals surface area contributed by atoms with Crippen molar-refractivity contribution in [2.24, 2.45) is 28.6 Å². The lowest BCUT2D eigenvalue weighted by Gasteiger charge is -2.64. The van der Waals surface area contributed by atoms with E-state index in [0.29, 0.717) is 17.9 Å². The highest BCUT2D eigenvalue weighted by Crippen LogP contribution is 2.69. The van der Waals surface area contributed by atoms with Gasteiger partial charge < -0.3 is 24.6 Å². The first-order valence-electron chi connectivity index (χ1n) is 14.9. The Morgan fingerprint density at radius 3 is 2.41 bits per heavy atom. The molecule has 1 saturated heterocycles. The number of ether oxygens (including phenoxy) is 2. The molecule has 8 atom stereocenters. The molecule has 0 aromatic heterocycles. The SMILES string of the molecule is COc1ccc([C@@]2(O)C=C[C@]3(O)[C@@H]4CC[C@@H]5C[C@@H](OCCN6CCCC6)CC[C@]5(C)[C@H]4CC[C@]23C)cc1. The monoisotopic (exact) mass is 509 g/mol. The number of nitrogens with zero attached hydrogens (tertiary/aromatic N) is 1. The molecule has 1 heterocycles. The van der Waals surface area contributed by atoms with Crippen molar-refractivity contribution in [2.45, 2.75) is 88.9 Å². The van der Waals surface area contributed by atoms with Crippen LogP contribution in [-0.2, 0) is 10.3 Å². The Labute approximate surface area is 223 Å². The topological polar surface area (TPSA) is 62.2 Å². The third-order valence-corrected chi connectivity index (χ3v) is 12.0. The summed E-state index contributed by atoms with van der Waals surface area (Å²) in [6.07, 6.45) is 14.5. The van der Waals surface area contributed by atoms with Crippen LogP contribution in [0, 0.1) is 28.6 Å². The number of hydrogen-bond acceptors (Lipinski definition) is 5. The number of fused-ring (bicyclic) bond motifs is 5. The molecule has 5 heteroatoms. The molecule has 0 unspecified atom stereocenters. The van der Waals surface area contributed by atoms with Crippen LogP contribution in [0.2, 0.25) is 0 Å². The van der Waals surface area contributed by atoms with E-state index in [1.807, 2.05) is 36.4 Å². The molecule has 2 N–H and O–H groups in total. The predicted molar refractivity (Wildman–Crippen MR) is 145 cm³/mol. The minimum Gasteiger partial charge on any atom is -0.497 e.